The molecule has 0 aromatic heterocycles. The quantitative estimate of drug-likeness (QED) is 0.658. The first-order valence-corrected chi connectivity index (χ1v) is 10.0. The molecule has 0 saturated carbocycles. The van der Waals surface area contributed by atoms with E-state index in [-0.39, 0.29) is 36.1 Å². The van der Waals surface area contributed by atoms with Gasteiger partial charge in [0.15, 0.2) is 13.1 Å². The van der Waals surface area contributed by atoms with Crippen molar-refractivity contribution in [2.45, 2.75) is 19.1 Å². The first-order chi connectivity index (χ1) is 12.8. The number of anilines is 1. The number of hydrogen-bond acceptors (Lipinski definition) is 5. The maximum atomic E-state index is 12.5. The van der Waals surface area contributed by atoms with Crippen LogP contribution in [0.3, 0.4) is 0 Å². The number of rotatable bonds is 6. The molecule has 0 aliphatic carbocycles. The van der Waals surface area contributed by atoms with E-state index in [2.05, 4.69) is 5.32 Å². The Morgan fingerprint density at radius 2 is 2.04 bits per heavy atom. The standard InChI is InChI=1S/C19H27N3O4S/c1-13-6-5-7-15(14(13)2)20-17(23)11-21(3)12-18(24)22-8-9-27-16(10-22)19(25)26-4/h5-7,16H,8-12H2,1-4H3,(H,20,23)/p+1/t16-/m0/s1. The number of amides is 2. The predicted molar refractivity (Wildman–Crippen MR) is 106 cm³/mol. The second kappa shape index (κ2) is 9.75. The summed E-state index contributed by atoms with van der Waals surface area (Å²) in [5.74, 6) is 0.223. The Kier molecular flexibility index (Phi) is 7.67. The van der Waals surface area contributed by atoms with Gasteiger partial charge in [0.1, 0.15) is 5.25 Å². The summed E-state index contributed by atoms with van der Waals surface area (Å²) >= 11 is 1.51. The van der Waals surface area contributed by atoms with Crippen molar-refractivity contribution in [3.8, 4) is 0 Å². The molecule has 0 radical (unpaired) electrons. The molecule has 2 N–H and O–H groups in total. The summed E-state index contributed by atoms with van der Waals surface area (Å²) in [6.07, 6.45) is 0. The third-order valence-electron chi connectivity index (χ3n) is 4.68. The van der Waals surface area contributed by atoms with Crippen molar-refractivity contribution in [1.82, 2.24) is 4.90 Å². The number of likely N-dealkylation sites (N-methyl/N-ethyl adjacent to an activating group) is 1. The van der Waals surface area contributed by atoms with E-state index in [1.54, 1.807) is 4.90 Å². The third kappa shape index (κ3) is 5.97. The third-order valence-corrected chi connectivity index (χ3v) is 5.84. The summed E-state index contributed by atoms with van der Waals surface area (Å²) in [5, 5.41) is 2.58. The Morgan fingerprint density at radius 3 is 2.74 bits per heavy atom. The van der Waals surface area contributed by atoms with Crippen molar-refractivity contribution < 1.29 is 24.0 Å². The summed E-state index contributed by atoms with van der Waals surface area (Å²) in [7, 11) is 3.17. The fourth-order valence-corrected chi connectivity index (χ4v) is 4.07. The molecule has 27 heavy (non-hydrogen) atoms. The number of esters is 1. The molecule has 1 aromatic rings. The average Bonchev–Trinajstić information content (AvgIpc) is 2.64. The lowest BCUT2D eigenvalue weighted by molar-refractivity contribution is -0.862. The zero-order chi connectivity index (χ0) is 20.0. The SMILES string of the molecule is COC(=O)[C@@H]1CN(C(=O)C[NH+](C)CC(=O)Nc2cccc(C)c2C)CCS1. The highest BCUT2D eigenvalue weighted by Crippen LogP contribution is 2.19. The molecule has 1 heterocycles. The van der Waals surface area contributed by atoms with Crippen LogP contribution in [-0.4, -0.2) is 74.0 Å². The van der Waals surface area contributed by atoms with E-state index in [0.717, 1.165) is 21.7 Å². The lowest BCUT2D eigenvalue weighted by Gasteiger charge is -2.31. The van der Waals surface area contributed by atoms with E-state index in [1.807, 2.05) is 39.1 Å². The molecule has 8 heteroatoms. The van der Waals surface area contributed by atoms with Crippen molar-refractivity contribution in [1.29, 1.82) is 0 Å². The highest BCUT2D eigenvalue weighted by atomic mass is 32.2. The van der Waals surface area contributed by atoms with Crippen molar-refractivity contribution in [3.05, 3.63) is 29.3 Å². The molecule has 7 nitrogen and oxygen atoms in total. The monoisotopic (exact) mass is 394 g/mol. The molecule has 2 amide bonds. The minimum absolute atomic E-state index is 0.0544. The van der Waals surface area contributed by atoms with Crippen LogP contribution < -0.4 is 10.2 Å². The van der Waals surface area contributed by atoms with Gasteiger partial charge in [-0.1, -0.05) is 12.1 Å². The van der Waals surface area contributed by atoms with E-state index in [1.165, 1.54) is 18.9 Å². The molecular formula is C19H28N3O4S+. The van der Waals surface area contributed by atoms with Gasteiger partial charge in [-0.2, -0.15) is 0 Å². The molecule has 1 unspecified atom stereocenters. The molecular weight excluding hydrogens is 366 g/mol. The van der Waals surface area contributed by atoms with Crippen LogP contribution in [-0.2, 0) is 19.1 Å². The molecule has 148 valence electrons. The van der Waals surface area contributed by atoms with Crippen LogP contribution in [0.1, 0.15) is 11.1 Å². The Bertz CT molecular complexity index is 710. The Hall–Kier alpha value is -2.06. The van der Waals surface area contributed by atoms with Crippen molar-refractivity contribution in [2.75, 3.05) is 51.4 Å². The minimum Gasteiger partial charge on any atom is -0.468 e. The van der Waals surface area contributed by atoms with E-state index < -0.39 is 0 Å². The van der Waals surface area contributed by atoms with Gasteiger partial charge in [-0.3, -0.25) is 14.4 Å². The van der Waals surface area contributed by atoms with Gasteiger partial charge in [0, 0.05) is 24.5 Å². The lowest BCUT2D eigenvalue weighted by Crippen LogP contribution is -3.11. The van der Waals surface area contributed by atoms with Crippen molar-refractivity contribution in [2.24, 2.45) is 0 Å². The summed E-state index contributed by atoms with van der Waals surface area (Å²) in [5.41, 5.74) is 2.96. The fourth-order valence-electron chi connectivity index (χ4n) is 2.94. The topological polar surface area (TPSA) is 80.2 Å². The highest BCUT2D eigenvalue weighted by Gasteiger charge is 2.30. The predicted octanol–water partition coefficient (Wildman–Crippen LogP) is -0.126. The van der Waals surface area contributed by atoms with Crippen LogP contribution in [0.5, 0.6) is 0 Å². The van der Waals surface area contributed by atoms with Crippen LogP contribution in [0.15, 0.2) is 18.2 Å². The minimum atomic E-state index is -0.333. The lowest BCUT2D eigenvalue weighted by atomic mass is 10.1. The van der Waals surface area contributed by atoms with Gasteiger partial charge < -0.3 is 19.9 Å². The number of thioether (sulfide) groups is 1. The van der Waals surface area contributed by atoms with Crippen LogP contribution in [0, 0.1) is 13.8 Å². The largest absolute Gasteiger partial charge is 0.468 e. The Balaban J connectivity index is 1.84. The van der Waals surface area contributed by atoms with E-state index >= 15 is 0 Å². The summed E-state index contributed by atoms with van der Waals surface area (Å²) in [6, 6.07) is 5.78. The van der Waals surface area contributed by atoms with E-state index in [4.69, 9.17) is 4.74 Å². The molecule has 1 aromatic carbocycles. The van der Waals surface area contributed by atoms with Crippen LogP contribution in [0.2, 0.25) is 0 Å². The van der Waals surface area contributed by atoms with Crippen LogP contribution >= 0.6 is 11.8 Å². The van der Waals surface area contributed by atoms with Gasteiger partial charge in [0.25, 0.3) is 11.8 Å². The Morgan fingerprint density at radius 1 is 1.30 bits per heavy atom. The highest BCUT2D eigenvalue weighted by molar-refractivity contribution is 8.00. The molecule has 1 aliphatic rings. The summed E-state index contributed by atoms with van der Waals surface area (Å²) in [6.45, 7) is 5.34. The van der Waals surface area contributed by atoms with Gasteiger partial charge in [-0.05, 0) is 31.0 Å². The van der Waals surface area contributed by atoms with Gasteiger partial charge in [0.2, 0.25) is 0 Å². The number of nitrogens with one attached hydrogen (secondary N) is 2. The zero-order valence-corrected chi connectivity index (χ0v) is 17.1. The number of methoxy groups -OCH3 is 1. The van der Waals surface area contributed by atoms with Crippen LogP contribution in [0.25, 0.3) is 0 Å². The number of carbonyl (C=O) groups excluding carboxylic acids is 3. The van der Waals surface area contributed by atoms with Gasteiger partial charge in [-0.25, -0.2) is 0 Å². The number of aryl methyl sites for hydroxylation is 1. The van der Waals surface area contributed by atoms with Crippen LogP contribution in [0.4, 0.5) is 5.69 Å². The molecule has 2 atom stereocenters. The maximum Gasteiger partial charge on any atom is 0.320 e. The number of nitrogens with zero attached hydrogens (tertiary/aromatic N) is 1. The summed E-state index contributed by atoms with van der Waals surface area (Å²) < 4.78 is 4.77. The number of benzene rings is 1. The molecule has 1 aliphatic heterocycles. The van der Waals surface area contributed by atoms with Gasteiger partial charge >= 0.3 is 5.97 Å². The van der Waals surface area contributed by atoms with Gasteiger partial charge in [-0.15, -0.1) is 11.8 Å². The molecule has 1 fully saturated rings. The first-order valence-electron chi connectivity index (χ1n) is 8.96. The smallest absolute Gasteiger partial charge is 0.320 e. The van der Waals surface area contributed by atoms with Gasteiger partial charge in [0.05, 0.1) is 14.2 Å². The molecule has 2 rings (SSSR count). The second-order valence-electron chi connectivity index (χ2n) is 6.83. The number of quaternary nitrogens is 1. The van der Waals surface area contributed by atoms with Crippen molar-refractivity contribution in [3.63, 3.8) is 0 Å². The molecule has 0 bridgehead atoms. The number of carbonyl (C=O) groups is 3. The molecule has 0 spiro atoms. The first kappa shape index (κ1) is 21.2. The fraction of sp³-hybridized carbons (Fsp3) is 0.526. The second-order valence-corrected chi connectivity index (χ2v) is 8.14. The summed E-state index contributed by atoms with van der Waals surface area (Å²) in [4.78, 5) is 39.0. The number of ether oxygens (including phenoxy) is 1. The normalized spacial score (nSPS) is 17.9. The maximum absolute atomic E-state index is 12.5. The van der Waals surface area contributed by atoms with Crippen molar-refractivity contribution >= 4 is 35.2 Å². The zero-order valence-electron chi connectivity index (χ0n) is 16.3. The Labute approximate surface area is 164 Å². The van der Waals surface area contributed by atoms with E-state index in [0.29, 0.717) is 18.8 Å². The van der Waals surface area contributed by atoms with E-state index in [9.17, 15) is 14.4 Å². The average molecular weight is 395 g/mol. The molecule has 1 saturated heterocycles. The number of hydrogen-bond donors (Lipinski definition) is 2.